The van der Waals surface area contributed by atoms with Gasteiger partial charge in [0, 0.05) is 11.1 Å². The van der Waals surface area contributed by atoms with Gasteiger partial charge in [-0.25, -0.2) is 4.79 Å². The first-order valence-electron chi connectivity index (χ1n) is 8.61. The Kier molecular flexibility index (Phi) is 5.43. The average Bonchev–Trinajstić information content (AvgIpc) is 3.17. The maximum Gasteiger partial charge on any atom is 0.336 e. The maximum absolute atomic E-state index is 12.7. The number of nitriles is 1. The number of benzene rings is 1. The Balaban J connectivity index is 2.06. The van der Waals surface area contributed by atoms with Gasteiger partial charge in [0.1, 0.15) is 23.2 Å². The molecule has 3 rings (SSSR count). The molecule has 1 aliphatic rings. The molecule has 0 aliphatic carbocycles. The van der Waals surface area contributed by atoms with Gasteiger partial charge < -0.3 is 14.6 Å². The number of β-amino-alcohol motifs (C(OH)–C–C–N with tert-alkyl or cyclic N) is 1. The molecule has 2 N–H and O–H groups in total. The molecule has 0 spiro atoms. The summed E-state index contributed by atoms with van der Waals surface area (Å²) in [5.74, 6) is -1.96. The third kappa shape index (κ3) is 3.59. The van der Waals surface area contributed by atoms with Gasteiger partial charge in [0.25, 0.3) is 11.8 Å². The summed E-state index contributed by atoms with van der Waals surface area (Å²) in [5.41, 5.74) is 0.550. The molecule has 0 saturated heterocycles. The summed E-state index contributed by atoms with van der Waals surface area (Å²) >= 11 is 0. The number of carboxylic acids is 1. The second kappa shape index (κ2) is 7.96. The van der Waals surface area contributed by atoms with Gasteiger partial charge in [-0.05, 0) is 36.8 Å². The van der Waals surface area contributed by atoms with Crippen molar-refractivity contribution in [2.75, 3.05) is 13.2 Å². The van der Waals surface area contributed by atoms with E-state index in [9.17, 15) is 24.8 Å². The van der Waals surface area contributed by atoms with Crippen LogP contribution in [0.5, 0.6) is 0 Å². The number of hydrogen-bond donors (Lipinski definition) is 2. The van der Waals surface area contributed by atoms with E-state index >= 15 is 0 Å². The predicted octanol–water partition coefficient (Wildman–Crippen LogP) is 2.23. The minimum atomic E-state index is -1.10. The Hall–Kier alpha value is -3.96. The number of nitrogens with zero attached hydrogens (tertiary/aromatic N) is 2. The molecule has 8 nitrogen and oxygen atoms in total. The normalized spacial score (nSPS) is 15.8. The first kappa shape index (κ1) is 19.8. The first-order chi connectivity index (χ1) is 13.9. The summed E-state index contributed by atoms with van der Waals surface area (Å²) in [7, 11) is 0. The quantitative estimate of drug-likeness (QED) is 0.589. The molecule has 2 amide bonds. The molecule has 1 aliphatic heterocycles. The average molecular weight is 392 g/mol. The van der Waals surface area contributed by atoms with E-state index in [4.69, 9.17) is 9.52 Å². The van der Waals surface area contributed by atoms with Crippen LogP contribution in [0.15, 0.2) is 57.5 Å². The number of furan rings is 1. The van der Waals surface area contributed by atoms with E-state index in [1.54, 1.807) is 36.4 Å². The summed E-state index contributed by atoms with van der Waals surface area (Å²) in [6.45, 7) is 0.822. The minimum Gasteiger partial charge on any atom is -0.478 e. The van der Waals surface area contributed by atoms with Crippen LogP contribution >= 0.6 is 0 Å². The summed E-state index contributed by atoms with van der Waals surface area (Å²) in [4.78, 5) is 37.2. The highest BCUT2D eigenvalue weighted by molar-refractivity contribution is 6.19. The van der Waals surface area contributed by atoms with Crippen molar-refractivity contribution in [3.05, 3.63) is 64.4 Å². The molecule has 0 fully saturated rings. The zero-order valence-corrected chi connectivity index (χ0v) is 15.4. The van der Waals surface area contributed by atoms with E-state index in [-0.39, 0.29) is 34.6 Å². The topological polar surface area (TPSA) is 132 Å². The van der Waals surface area contributed by atoms with Gasteiger partial charge in [0.2, 0.25) is 0 Å². The number of hydrogen-bond acceptors (Lipinski definition) is 6. The zero-order valence-electron chi connectivity index (χ0n) is 15.4. The standard InChI is InChI=1S/C21H16N2O6/c1-12-16(19(25)23(8-9-24)20(26)17(12)11-22)10-13-6-7-18(29-13)14-4-2-3-5-15(14)21(27)28/h2-7,10,24H,8-9H2,1H3,(H,27,28)/b16-10+. The third-order valence-electron chi connectivity index (χ3n) is 4.49. The molecule has 146 valence electrons. The van der Waals surface area contributed by atoms with Crippen LogP contribution in [0.4, 0.5) is 0 Å². The Labute approximate surface area is 165 Å². The number of carbonyl (C=O) groups excluding carboxylic acids is 2. The fourth-order valence-corrected chi connectivity index (χ4v) is 3.03. The second-order valence-corrected chi connectivity index (χ2v) is 6.21. The smallest absolute Gasteiger partial charge is 0.336 e. The van der Waals surface area contributed by atoms with Gasteiger partial charge in [0.05, 0.1) is 18.7 Å². The Morgan fingerprint density at radius 3 is 2.59 bits per heavy atom. The van der Waals surface area contributed by atoms with Crippen LogP contribution in [0.1, 0.15) is 23.0 Å². The Morgan fingerprint density at radius 2 is 1.93 bits per heavy atom. The number of aliphatic hydroxyl groups excluding tert-OH is 1. The molecule has 0 unspecified atom stereocenters. The van der Waals surface area contributed by atoms with E-state index in [1.807, 2.05) is 0 Å². The monoisotopic (exact) mass is 392 g/mol. The fraction of sp³-hybridized carbons (Fsp3) is 0.143. The lowest BCUT2D eigenvalue weighted by Crippen LogP contribution is -2.44. The van der Waals surface area contributed by atoms with Gasteiger partial charge in [-0.3, -0.25) is 14.5 Å². The van der Waals surface area contributed by atoms with Crippen molar-refractivity contribution in [3.8, 4) is 17.4 Å². The van der Waals surface area contributed by atoms with Gasteiger partial charge in [-0.2, -0.15) is 5.26 Å². The fourth-order valence-electron chi connectivity index (χ4n) is 3.03. The lowest BCUT2D eigenvalue weighted by molar-refractivity contribution is -0.141. The van der Waals surface area contributed by atoms with Gasteiger partial charge >= 0.3 is 5.97 Å². The van der Waals surface area contributed by atoms with Crippen molar-refractivity contribution in [2.24, 2.45) is 0 Å². The second-order valence-electron chi connectivity index (χ2n) is 6.21. The molecular formula is C21H16N2O6. The molecule has 2 aromatic rings. The number of amides is 2. The number of rotatable bonds is 5. The van der Waals surface area contributed by atoms with Crippen molar-refractivity contribution in [1.82, 2.24) is 4.90 Å². The lowest BCUT2D eigenvalue weighted by atomic mass is 9.95. The molecule has 1 aromatic heterocycles. The van der Waals surface area contributed by atoms with E-state index in [2.05, 4.69) is 0 Å². The summed E-state index contributed by atoms with van der Waals surface area (Å²) in [5, 5.41) is 27.7. The summed E-state index contributed by atoms with van der Waals surface area (Å²) in [6.07, 6.45) is 1.39. The van der Waals surface area contributed by atoms with E-state index < -0.39 is 24.4 Å². The Bertz CT molecular complexity index is 1120. The van der Waals surface area contributed by atoms with E-state index in [0.717, 1.165) is 4.90 Å². The molecule has 0 atom stereocenters. The lowest BCUT2D eigenvalue weighted by Gasteiger charge is -2.26. The summed E-state index contributed by atoms with van der Waals surface area (Å²) in [6, 6.07) is 11.3. The minimum absolute atomic E-state index is 0.0670. The van der Waals surface area contributed by atoms with Gasteiger partial charge in [0.15, 0.2) is 0 Å². The summed E-state index contributed by atoms with van der Waals surface area (Å²) < 4.78 is 5.70. The highest BCUT2D eigenvalue weighted by Gasteiger charge is 2.35. The van der Waals surface area contributed by atoms with Crippen molar-refractivity contribution in [3.63, 3.8) is 0 Å². The predicted molar refractivity (Wildman–Crippen MR) is 101 cm³/mol. The largest absolute Gasteiger partial charge is 0.478 e. The van der Waals surface area contributed by atoms with Crippen LogP contribution in [0.2, 0.25) is 0 Å². The van der Waals surface area contributed by atoms with Crippen LogP contribution in [-0.2, 0) is 9.59 Å². The molecule has 0 bridgehead atoms. The van der Waals surface area contributed by atoms with Crippen molar-refractivity contribution in [1.29, 1.82) is 5.26 Å². The maximum atomic E-state index is 12.7. The van der Waals surface area contributed by atoms with Crippen LogP contribution < -0.4 is 0 Å². The van der Waals surface area contributed by atoms with Crippen LogP contribution in [-0.4, -0.2) is 46.0 Å². The zero-order chi connectivity index (χ0) is 21.1. The number of carbonyl (C=O) groups is 3. The molecular weight excluding hydrogens is 376 g/mol. The highest BCUT2D eigenvalue weighted by Crippen LogP contribution is 2.30. The Morgan fingerprint density at radius 1 is 1.21 bits per heavy atom. The van der Waals surface area contributed by atoms with E-state index in [1.165, 1.54) is 19.1 Å². The number of aliphatic hydroxyl groups is 1. The van der Waals surface area contributed by atoms with Crippen molar-refractivity contribution in [2.45, 2.75) is 6.92 Å². The molecule has 8 heteroatoms. The molecule has 0 radical (unpaired) electrons. The van der Waals surface area contributed by atoms with Gasteiger partial charge in [-0.1, -0.05) is 18.2 Å². The molecule has 2 heterocycles. The number of aromatic carboxylic acids is 1. The molecule has 1 aromatic carbocycles. The number of carboxylic acid groups (broad SMARTS) is 1. The van der Waals surface area contributed by atoms with Gasteiger partial charge in [-0.15, -0.1) is 0 Å². The van der Waals surface area contributed by atoms with Crippen LogP contribution in [0.25, 0.3) is 17.4 Å². The molecule has 0 saturated carbocycles. The highest BCUT2D eigenvalue weighted by atomic mass is 16.4. The number of imide groups is 1. The van der Waals surface area contributed by atoms with Crippen molar-refractivity contribution < 1.29 is 29.0 Å². The SMILES string of the molecule is CC1=C(C#N)C(=O)N(CCO)C(=O)/C1=C/c1ccc(-c2ccccc2C(=O)O)o1. The first-order valence-corrected chi connectivity index (χ1v) is 8.61. The third-order valence-corrected chi connectivity index (χ3v) is 4.49. The van der Waals surface area contributed by atoms with E-state index in [0.29, 0.717) is 11.3 Å². The molecule has 29 heavy (non-hydrogen) atoms. The van der Waals surface area contributed by atoms with Crippen LogP contribution in [0, 0.1) is 11.3 Å². The van der Waals surface area contributed by atoms with Crippen LogP contribution in [0.3, 0.4) is 0 Å². The van der Waals surface area contributed by atoms with Crippen molar-refractivity contribution >= 4 is 23.9 Å².